The first-order chi connectivity index (χ1) is 31.8. The van der Waals surface area contributed by atoms with Gasteiger partial charge in [0.1, 0.15) is 29.9 Å². The van der Waals surface area contributed by atoms with Crippen molar-refractivity contribution in [3.05, 3.63) is 59.2 Å². The highest BCUT2D eigenvalue weighted by atomic mass is 19.1. The van der Waals surface area contributed by atoms with Gasteiger partial charge in [-0.25, -0.2) is 13.2 Å². The number of nitrogens with zero attached hydrogens (tertiary/aromatic N) is 2. The minimum absolute atomic E-state index is 0.0407. The third-order valence-electron chi connectivity index (χ3n) is 15.2. The number of aliphatic hydroxyl groups is 1. The number of aromatic nitrogens is 2. The summed E-state index contributed by atoms with van der Waals surface area (Å²) in [5.41, 5.74) is 3.04. The van der Waals surface area contributed by atoms with E-state index >= 15 is 13.2 Å². The Morgan fingerprint density at radius 2 is 1.24 bits per heavy atom. The lowest BCUT2D eigenvalue weighted by Gasteiger charge is -2.35. The molecule has 13 nitrogen and oxygen atoms in total. The molecule has 2 aliphatic carbocycles. The van der Waals surface area contributed by atoms with E-state index in [4.69, 9.17) is 0 Å². The van der Waals surface area contributed by atoms with Gasteiger partial charge in [-0.15, -0.1) is 0 Å². The van der Waals surface area contributed by atoms with Crippen LogP contribution in [0.25, 0.3) is 33.2 Å². The number of hydrogen-bond donors (Lipinski definition) is 7. The Labute approximate surface area is 384 Å². The van der Waals surface area contributed by atoms with Crippen LogP contribution in [0.4, 0.5) is 13.2 Å². The zero-order valence-electron chi connectivity index (χ0n) is 38.7. The average Bonchev–Trinajstić information content (AvgIpc) is 4.09. The van der Waals surface area contributed by atoms with Gasteiger partial charge in [0.05, 0.1) is 41.6 Å². The summed E-state index contributed by atoms with van der Waals surface area (Å²) in [4.78, 5) is 66.2. The van der Waals surface area contributed by atoms with Gasteiger partial charge in [-0.1, -0.05) is 50.7 Å². The van der Waals surface area contributed by atoms with Gasteiger partial charge in [-0.3, -0.25) is 19.2 Å². The maximum absolute atomic E-state index is 15.9. The van der Waals surface area contributed by atoms with E-state index < -0.39 is 60.2 Å². The summed E-state index contributed by atoms with van der Waals surface area (Å²) in [5, 5.41) is 24.4. The number of fused-ring (bicyclic) bond motifs is 2. The van der Waals surface area contributed by atoms with E-state index in [-0.39, 0.29) is 79.8 Å². The number of rotatable bonds is 15. The number of H-pyrrole nitrogens is 2. The summed E-state index contributed by atoms with van der Waals surface area (Å²) in [6.07, 6.45) is 7.52. The second-order valence-corrected chi connectivity index (χ2v) is 19.5. The zero-order chi connectivity index (χ0) is 46.8. The number of carbonyl (C=O) groups excluding carboxylic acids is 4. The maximum atomic E-state index is 15.9. The van der Waals surface area contributed by atoms with Crippen LogP contribution in [-0.2, 0) is 32.0 Å². The molecule has 8 rings (SSSR count). The number of aliphatic hydroxyl groups excluding tert-OH is 1. The monoisotopic (exact) mass is 917 g/mol. The van der Waals surface area contributed by atoms with Crippen molar-refractivity contribution >= 4 is 45.4 Å². The van der Waals surface area contributed by atoms with Crippen molar-refractivity contribution in [1.29, 1.82) is 0 Å². The van der Waals surface area contributed by atoms with Gasteiger partial charge in [0.2, 0.25) is 23.6 Å². The summed E-state index contributed by atoms with van der Waals surface area (Å²) in [6, 6.07) is 5.33. The molecule has 2 aromatic carbocycles. The normalized spacial score (nSPS) is 23.9. The largest absolute Gasteiger partial charge is 0.391 e. The Morgan fingerprint density at radius 1 is 0.712 bits per heavy atom. The molecule has 2 aromatic heterocycles. The highest BCUT2D eigenvalue weighted by molar-refractivity contribution is 5.97. The van der Waals surface area contributed by atoms with Crippen molar-refractivity contribution in [2.45, 2.75) is 152 Å². The van der Waals surface area contributed by atoms with Crippen LogP contribution in [0.3, 0.4) is 0 Å². The lowest BCUT2D eigenvalue weighted by Crippen LogP contribution is -2.56. The number of para-hydroxylation sites is 1. The molecule has 0 unspecified atom stereocenters. The molecule has 0 radical (unpaired) electrons. The van der Waals surface area contributed by atoms with Gasteiger partial charge in [0.25, 0.3) is 0 Å². The van der Waals surface area contributed by atoms with E-state index in [1.54, 1.807) is 55.9 Å². The smallest absolute Gasteiger partial charge is 0.245 e. The summed E-state index contributed by atoms with van der Waals surface area (Å²) in [5.74, 6) is -2.32. The summed E-state index contributed by atoms with van der Waals surface area (Å²) < 4.78 is 46.7. The van der Waals surface area contributed by atoms with Crippen molar-refractivity contribution in [2.24, 2.45) is 11.8 Å². The van der Waals surface area contributed by atoms with E-state index in [2.05, 4.69) is 31.2 Å². The van der Waals surface area contributed by atoms with Crippen LogP contribution in [0.1, 0.15) is 102 Å². The van der Waals surface area contributed by atoms with Crippen LogP contribution in [0, 0.1) is 23.5 Å². The van der Waals surface area contributed by atoms with Crippen LogP contribution in [-0.4, -0.2) is 124 Å². The number of likely N-dealkylation sites (N-methyl/N-ethyl adjacent to an activating group) is 2. The van der Waals surface area contributed by atoms with Crippen molar-refractivity contribution in [1.82, 2.24) is 41.0 Å². The van der Waals surface area contributed by atoms with Crippen molar-refractivity contribution < 1.29 is 37.5 Å². The Hall–Kier alpha value is -4.93. The molecule has 7 N–H and O–H groups in total. The van der Waals surface area contributed by atoms with Gasteiger partial charge < -0.3 is 46.1 Å². The summed E-state index contributed by atoms with van der Waals surface area (Å²) in [6.45, 7) is 3.40. The molecule has 2 saturated heterocycles. The minimum atomic E-state index is -1.32. The van der Waals surface area contributed by atoms with E-state index in [9.17, 15) is 24.3 Å². The molecule has 2 aliphatic heterocycles. The summed E-state index contributed by atoms with van der Waals surface area (Å²) >= 11 is 0. The average molecular weight is 917 g/mol. The lowest BCUT2D eigenvalue weighted by molar-refractivity contribution is -0.139. The van der Waals surface area contributed by atoms with Gasteiger partial charge in [-0.2, -0.15) is 0 Å². The molecule has 66 heavy (non-hydrogen) atoms. The number of likely N-dealkylation sites (tertiary alicyclic amines) is 2. The molecule has 8 atom stereocenters. The molecule has 4 fully saturated rings. The van der Waals surface area contributed by atoms with E-state index in [1.807, 2.05) is 0 Å². The number of hydrogen-bond acceptors (Lipinski definition) is 7. The number of alkyl halides is 1. The Balaban J connectivity index is 1.17. The van der Waals surface area contributed by atoms with Gasteiger partial charge in [0, 0.05) is 41.3 Å². The number of carbonyl (C=O) groups is 4. The Kier molecular flexibility index (Phi) is 14.8. The summed E-state index contributed by atoms with van der Waals surface area (Å²) in [7, 11) is 3.37. The molecule has 4 aromatic rings. The zero-order valence-corrected chi connectivity index (χ0v) is 38.7. The van der Waals surface area contributed by atoms with E-state index in [0.29, 0.717) is 38.8 Å². The molecule has 4 heterocycles. The third-order valence-corrected chi connectivity index (χ3v) is 15.2. The topological polar surface area (TPSA) is 175 Å². The minimum Gasteiger partial charge on any atom is -0.391 e. The van der Waals surface area contributed by atoms with E-state index in [0.717, 1.165) is 64.2 Å². The van der Waals surface area contributed by atoms with Crippen LogP contribution < -0.4 is 21.3 Å². The maximum Gasteiger partial charge on any atom is 0.245 e. The number of β-amino-alcohol motifs (C(OH)–C–C–N with tert-alkyl or cyclic N) is 1. The molecular weight excluding hydrogens is 850 g/mol. The number of benzene rings is 2. The lowest BCUT2D eigenvalue weighted by atomic mass is 9.83. The highest BCUT2D eigenvalue weighted by Crippen LogP contribution is 2.41. The SMILES string of the molecule is CN[C@@H](C)C(=O)N[C@H](C(=O)N1C[C@@H](O)C[C@H]1Cc1c(-c2[nH]c3c(F)cccc3c2C[C@@H]2C[C@H](F)CN2C(=O)[C@@H](NC(=O)[C@H](C)NC)C2CCCCC2)[nH]c2cc(F)ccc12)C1CCCCC1. The first-order valence-electron chi connectivity index (χ1n) is 24.2. The first-order valence-corrected chi connectivity index (χ1v) is 24.2. The van der Waals surface area contributed by atoms with Gasteiger partial charge >= 0.3 is 0 Å². The van der Waals surface area contributed by atoms with Gasteiger partial charge in [0.15, 0.2) is 0 Å². The number of nitrogens with one attached hydrogen (secondary N) is 6. The van der Waals surface area contributed by atoms with Crippen molar-refractivity contribution in [2.75, 3.05) is 27.2 Å². The molecule has 16 heteroatoms. The second-order valence-electron chi connectivity index (χ2n) is 19.5. The standard InChI is InChI=1S/C50H67F3N8O5/c1-27(54-3)47(63)58-42(29-12-7-5-8-13-29)49(65)60-25-32(52)20-33(60)23-39-37-16-11-17-40(53)44(37)57-46(39)45-38(36-19-18-31(51)21-41(36)56-45)24-34-22-35(62)26-61(34)50(66)43(30-14-9-6-10-15-30)59-48(64)28(2)55-4/h11,16-19,21,27-30,32-35,42-43,54-57,62H,5-10,12-15,20,22-26H2,1-4H3,(H,58,63)(H,59,64)/t27-,28-,32-,33-,34-,35-,42-,43-/m0/s1. The number of halogens is 3. The first kappa shape index (κ1) is 47.6. The molecular formula is C50H67F3N8O5. The quantitative estimate of drug-likeness (QED) is 0.0775. The predicted molar refractivity (Wildman–Crippen MR) is 248 cm³/mol. The highest BCUT2D eigenvalue weighted by Gasteiger charge is 2.44. The molecule has 0 bridgehead atoms. The van der Waals surface area contributed by atoms with Crippen LogP contribution in [0.15, 0.2) is 36.4 Å². The van der Waals surface area contributed by atoms with Crippen LogP contribution in [0.5, 0.6) is 0 Å². The third kappa shape index (κ3) is 9.87. The van der Waals surface area contributed by atoms with E-state index in [1.165, 1.54) is 18.2 Å². The fourth-order valence-electron chi connectivity index (χ4n) is 11.3. The van der Waals surface area contributed by atoms with Crippen LogP contribution in [0.2, 0.25) is 0 Å². The molecule has 4 amide bonds. The Bertz CT molecular complexity index is 2390. The number of aromatic amines is 2. The second kappa shape index (κ2) is 20.5. The molecule has 0 spiro atoms. The fourth-order valence-corrected chi connectivity index (χ4v) is 11.3. The fraction of sp³-hybridized carbons (Fsp3) is 0.600. The molecule has 2 saturated carbocycles. The van der Waals surface area contributed by atoms with Crippen LogP contribution >= 0.6 is 0 Å². The molecule has 358 valence electrons. The predicted octanol–water partition coefficient (Wildman–Crippen LogP) is 5.93. The van der Waals surface area contributed by atoms with Crippen molar-refractivity contribution in [3.8, 4) is 11.4 Å². The number of amides is 4. The van der Waals surface area contributed by atoms with Crippen molar-refractivity contribution in [3.63, 3.8) is 0 Å². The van der Waals surface area contributed by atoms with Gasteiger partial charge in [-0.05, 0) is 120 Å². The Morgan fingerprint density at radius 3 is 1.82 bits per heavy atom. The molecule has 4 aliphatic rings.